The topological polar surface area (TPSA) is 36.9 Å². The van der Waals surface area contributed by atoms with Crippen LogP contribution in [0.1, 0.15) is 28.4 Å². The van der Waals surface area contributed by atoms with Gasteiger partial charge in [0.15, 0.2) is 0 Å². The molecule has 3 atom stereocenters. The van der Waals surface area contributed by atoms with E-state index in [-0.39, 0.29) is 12.2 Å². The minimum absolute atomic E-state index is 0.256. The lowest BCUT2D eigenvalue weighted by Crippen LogP contribution is -2.41. The molecule has 1 aliphatic rings. The fourth-order valence-corrected chi connectivity index (χ4v) is 4.36. The van der Waals surface area contributed by atoms with Crippen molar-refractivity contribution in [1.29, 1.82) is 0 Å². The first-order chi connectivity index (χ1) is 18.3. The van der Waals surface area contributed by atoms with E-state index in [2.05, 4.69) is 48.5 Å². The molecular formula is C33H32O4. The Balaban J connectivity index is 1.38. The predicted octanol–water partition coefficient (Wildman–Crippen LogP) is 7.03. The Bertz CT molecular complexity index is 1230. The molecule has 1 heterocycles. The first-order valence-corrected chi connectivity index (χ1v) is 12.7. The highest BCUT2D eigenvalue weighted by molar-refractivity contribution is 5.26. The molecule has 0 unspecified atom stereocenters. The van der Waals surface area contributed by atoms with Crippen LogP contribution >= 0.6 is 0 Å². The van der Waals surface area contributed by atoms with Crippen LogP contribution in [-0.2, 0) is 38.8 Å². The first kappa shape index (κ1) is 25.0. The van der Waals surface area contributed by atoms with Crippen molar-refractivity contribution in [2.45, 2.75) is 38.1 Å². The van der Waals surface area contributed by atoms with Gasteiger partial charge in [-0.15, -0.1) is 0 Å². The Morgan fingerprint density at radius 2 is 1.08 bits per heavy atom. The first-order valence-electron chi connectivity index (χ1n) is 12.7. The van der Waals surface area contributed by atoms with Crippen molar-refractivity contribution in [3.05, 3.63) is 155 Å². The molecule has 4 nitrogen and oxygen atoms in total. The summed E-state index contributed by atoms with van der Waals surface area (Å²) >= 11 is 0. The van der Waals surface area contributed by atoms with E-state index in [0.29, 0.717) is 26.4 Å². The monoisotopic (exact) mass is 492 g/mol. The van der Waals surface area contributed by atoms with E-state index in [0.717, 1.165) is 28.0 Å². The molecule has 4 aromatic carbocycles. The molecule has 0 aromatic heterocycles. The highest BCUT2D eigenvalue weighted by atomic mass is 16.6. The lowest BCUT2D eigenvalue weighted by molar-refractivity contribution is -0.142. The van der Waals surface area contributed by atoms with E-state index in [1.807, 2.05) is 78.9 Å². The lowest BCUT2D eigenvalue weighted by Gasteiger charge is -2.36. The second-order valence-electron chi connectivity index (χ2n) is 9.07. The van der Waals surface area contributed by atoms with Crippen LogP contribution in [0.2, 0.25) is 0 Å². The van der Waals surface area contributed by atoms with E-state index in [4.69, 9.17) is 18.9 Å². The maximum absolute atomic E-state index is 6.59. The average molecular weight is 493 g/mol. The zero-order chi connectivity index (χ0) is 25.1. The van der Waals surface area contributed by atoms with E-state index in [1.54, 1.807) is 0 Å². The number of hydrogen-bond acceptors (Lipinski definition) is 4. The molecule has 0 N–H and O–H groups in total. The molecule has 0 radical (unpaired) electrons. The van der Waals surface area contributed by atoms with Gasteiger partial charge in [0.25, 0.3) is 0 Å². The van der Waals surface area contributed by atoms with Gasteiger partial charge < -0.3 is 18.9 Å². The van der Waals surface area contributed by atoms with Crippen LogP contribution in [-0.4, -0.2) is 18.8 Å². The highest BCUT2D eigenvalue weighted by Gasteiger charge is 2.36. The molecule has 37 heavy (non-hydrogen) atoms. The molecule has 0 saturated heterocycles. The van der Waals surface area contributed by atoms with Crippen molar-refractivity contribution >= 4 is 0 Å². The van der Waals surface area contributed by atoms with Crippen molar-refractivity contribution in [1.82, 2.24) is 0 Å². The second kappa shape index (κ2) is 13.0. The van der Waals surface area contributed by atoms with Crippen LogP contribution in [0.25, 0.3) is 0 Å². The molecule has 0 spiro atoms. The van der Waals surface area contributed by atoms with Crippen LogP contribution < -0.4 is 0 Å². The number of ether oxygens (including phenoxy) is 4. The molecular weight excluding hydrogens is 460 g/mol. The fraction of sp³-hybridized carbons (Fsp3) is 0.212. The largest absolute Gasteiger partial charge is 0.491 e. The summed E-state index contributed by atoms with van der Waals surface area (Å²) in [7, 11) is 0. The van der Waals surface area contributed by atoms with E-state index >= 15 is 0 Å². The third-order valence-corrected chi connectivity index (χ3v) is 6.30. The summed E-state index contributed by atoms with van der Waals surface area (Å²) in [5, 5.41) is 0. The fourth-order valence-electron chi connectivity index (χ4n) is 4.36. The van der Waals surface area contributed by atoms with Gasteiger partial charge in [-0.1, -0.05) is 121 Å². The maximum atomic E-state index is 6.59. The van der Waals surface area contributed by atoms with Crippen molar-refractivity contribution in [3.8, 4) is 0 Å². The SMILES string of the molecule is C1=C(OCc2ccccc2)[C@H](OCc2ccccc2)[C@@H](COCc2ccccc2)O[C@@H]1c1ccccc1. The van der Waals surface area contributed by atoms with Crippen molar-refractivity contribution in [2.75, 3.05) is 6.61 Å². The van der Waals surface area contributed by atoms with Gasteiger partial charge in [0.1, 0.15) is 30.7 Å². The number of benzene rings is 4. The summed E-state index contributed by atoms with van der Waals surface area (Å²) in [6.07, 6.45) is 1.05. The zero-order valence-electron chi connectivity index (χ0n) is 20.8. The number of rotatable bonds is 11. The van der Waals surface area contributed by atoms with Gasteiger partial charge in [0.2, 0.25) is 0 Å². The maximum Gasteiger partial charge on any atom is 0.143 e. The standard InChI is InChI=1S/C33H32O4/c1-5-13-26(14-6-1)22-34-25-32-33(36-24-28-17-9-3-10-18-28)31(35-23-27-15-7-2-8-16-27)21-30(37-32)29-19-11-4-12-20-29/h1-21,30,32-33H,22-25H2/t30-,32+,33-/m0/s1. The summed E-state index contributed by atoms with van der Waals surface area (Å²) in [5.74, 6) is 0.771. The summed E-state index contributed by atoms with van der Waals surface area (Å²) in [6.45, 7) is 1.79. The molecule has 188 valence electrons. The zero-order valence-corrected chi connectivity index (χ0v) is 20.8. The molecule has 5 rings (SSSR count). The van der Waals surface area contributed by atoms with Gasteiger partial charge in [-0.05, 0) is 28.3 Å². The Hall–Kier alpha value is -3.70. The third kappa shape index (κ3) is 7.17. The van der Waals surface area contributed by atoms with E-state index in [9.17, 15) is 0 Å². The normalized spacial score (nSPS) is 19.2. The summed E-state index contributed by atoms with van der Waals surface area (Å²) in [6, 6.07) is 40.7. The molecule has 0 fully saturated rings. The minimum atomic E-state index is -0.403. The van der Waals surface area contributed by atoms with Gasteiger partial charge >= 0.3 is 0 Å². The van der Waals surface area contributed by atoms with Crippen LogP contribution in [0.15, 0.2) is 133 Å². The molecule has 0 amide bonds. The summed E-state index contributed by atoms with van der Waals surface area (Å²) in [4.78, 5) is 0. The van der Waals surface area contributed by atoms with Gasteiger partial charge in [0, 0.05) is 0 Å². The van der Waals surface area contributed by atoms with Gasteiger partial charge in [-0.2, -0.15) is 0 Å². The van der Waals surface area contributed by atoms with Crippen molar-refractivity contribution in [2.24, 2.45) is 0 Å². The average Bonchev–Trinajstić information content (AvgIpc) is 2.97. The van der Waals surface area contributed by atoms with E-state index in [1.165, 1.54) is 0 Å². The molecule has 0 saturated carbocycles. The Morgan fingerprint density at radius 3 is 1.68 bits per heavy atom. The Labute approximate surface area is 219 Å². The van der Waals surface area contributed by atoms with Crippen LogP contribution in [0.5, 0.6) is 0 Å². The molecule has 4 aromatic rings. The smallest absolute Gasteiger partial charge is 0.143 e. The van der Waals surface area contributed by atoms with Gasteiger partial charge in [-0.25, -0.2) is 0 Å². The van der Waals surface area contributed by atoms with Crippen LogP contribution in [0.4, 0.5) is 0 Å². The number of hydrogen-bond donors (Lipinski definition) is 0. The van der Waals surface area contributed by atoms with Crippen molar-refractivity contribution in [3.63, 3.8) is 0 Å². The Kier molecular flexibility index (Phi) is 8.79. The van der Waals surface area contributed by atoms with Gasteiger partial charge in [-0.3, -0.25) is 0 Å². The molecule has 0 bridgehead atoms. The Morgan fingerprint density at radius 1 is 0.568 bits per heavy atom. The summed E-state index contributed by atoms with van der Waals surface area (Å²) in [5.41, 5.74) is 4.39. The quantitative estimate of drug-likeness (QED) is 0.225. The second-order valence-corrected chi connectivity index (χ2v) is 9.07. The summed E-state index contributed by atoms with van der Waals surface area (Å²) < 4.78 is 25.6. The highest BCUT2D eigenvalue weighted by Crippen LogP contribution is 2.33. The van der Waals surface area contributed by atoms with Gasteiger partial charge in [0.05, 0.1) is 19.8 Å². The molecule has 4 heteroatoms. The van der Waals surface area contributed by atoms with Crippen LogP contribution in [0, 0.1) is 0 Å². The lowest BCUT2D eigenvalue weighted by atomic mass is 10.0. The third-order valence-electron chi connectivity index (χ3n) is 6.30. The predicted molar refractivity (Wildman–Crippen MR) is 144 cm³/mol. The molecule has 0 aliphatic carbocycles. The minimum Gasteiger partial charge on any atom is -0.491 e. The van der Waals surface area contributed by atoms with Crippen molar-refractivity contribution < 1.29 is 18.9 Å². The van der Waals surface area contributed by atoms with Crippen LogP contribution in [0.3, 0.4) is 0 Å². The van der Waals surface area contributed by atoms with E-state index < -0.39 is 6.10 Å². The molecule has 1 aliphatic heterocycles.